The van der Waals surface area contributed by atoms with Crippen molar-refractivity contribution >= 4 is 5.97 Å². The normalized spacial score (nSPS) is 24.7. The Morgan fingerprint density at radius 1 is 1.43 bits per heavy atom. The van der Waals surface area contributed by atoms with Crippen molar-refractivity contribution in [1.29, 1.82) is 0 Å². The molecule has 0 amide bonds. The van der Waals surface area contributed by atoms with Crippen LogP contribution in [0.2, 0.25) is 0 Å². The molecule has 0 heterocycles. The second-order valence-electron chi connectivity index (χ2n) is 6.15. The van der Waals surface area contributed by atoms with E-state index in [1.54, 1.807) is 0 Å². The second kappa shape index (κ2) is 6.58. The highest BCUT2D eigenvalue weighted by molar-refractivity contribution is 5.83. The van der Waals surface area contributed by atoms with E-state index in [0.29, 0.717) is 5.92 Å². The number of ether oxygens (including phenoxy) is 1. The van der Waals surface area contributed by atoms with Crippen LogP contribution >= 0.6 is 0 Å². The number of hydrogen-bond acceptors (Lipinski definition) is 4. The minimum absolute atomic E-state index is 0.180. The molecule has 0 saturated carbocycles. The van der Waals surface area contributed by atoms with E-state index in [2.05, 4.69) is 29.3 Å². The summed E-state index contributed by atoms with van der Waals surface area (Å²) in [6.07, 6.45) is 1.77. The Kier molecular flexibility index (Phi) is 5.01. The number of hydrogen-bond donors (Lipinski definition) is 1. The summed E-state index contributed by atoms with van der Waals surface area (Å²) in [6, 6.07) is 8.24. The highest BCUT2D eigenvalue weighted by Gasteiger charge is 2.45. The van der Waals surface area contributed by atoms with Crippen molar-refractivity contribution in [3.05, 3.63) is 35.4 Å². The molecule has 1 aromatic rings. The van der Waals surface area contributed by atoms with E-state index in [1.165, 1.54) is 12.7 Å². The highest BCUT2D eigenvalue weighted by Crippen LogP contribution is 2.41. The summed E-state index contributed by atoms with van der Waals surface area (Å²) in [4.78, 5) is 14.6. The first-order valence-electron chi connectivity index (χ1n) is 7.59. The number of esters is 1. The summed E-state index contributed by atoms with van der Waals surface area (Å²) >= 11 is 0. The number of fused-ring (bicyclic) bond motifs is 1. The number of nitrogens with one attached hydrogen (secondary N) is 1. The molecule has 1 aliphatic carbocycles. The lowest BCUT2D eigenvalue weighted by atomic mass is 9.72. The lowest BCUT2D eigenvalue weighted by Gasteiger charge is -2.40. The Labute approximate surface area is 127 Å². The second-order valence-corrected chi connectivity index (χ2v) is 6.15. The van der Waals surface area contributed by atoms with Gasteiger partial charge in [0.05, 0.1) is 7.11 Å². The van der Waals surface area contributed by atoms with Crippen LogP contribution in [0.1, 0.15) is 36.8 Å². The fourth-order valence-corrected chi connectivity index (χ4v) is 3.17. The molecule has 0 saturated heterocycles. The SMILES string of the molecule is COC(=O)C1(NCCN(C)C)CCC(C)c2ccccc21. The summed E-state index contributed by atoms with van der Waals surface area (Å²) < 4.78 is 5.13. The Bertz CT molecular complexity index is 501. The molecular formula is C17H26N2O2. The largest absolute Gasteiger partial charge is 0.467 e. The molecule has 0 spiro atoms. The van der Waals surface area contributed by atoms with Gasteiger partial charge in [-0.3, -0.25) is 5.32 Å². The average Bonchev–Trinajstić information content (AvgIpc) is 2.49. The molecule has 4 heteroatoms. The molecule has 116 valence electrons. The molecule has 2 rings (SSSR count). The van der Waals surface area contributed by atoms with Crippen molar-refractivity contribution in [1.82, 2.24) is 10.2 Å². The van der Waals surface area contributed by atoms with Gasteiger partial charge in [0.15, 0.2) is 0 Å². The van der Waals surface area contributed by atoms with Gasteiger partial charge in [0.2, 0.25) is 0 Å². The van der Waals surface area contributed by atoms with Crippen LogP contribution in [-0.4, -0.2) is 45.2 Å². The number of rotatable bonds is 5. The lowest BCUT2D eigenvalue weighted by molar-refractivity contribution is -0.150. The number of carbonyl (C=O) groups excluding carboxylic acids is 1. The topological polar surface area (TPSA) is 41.6 Å². The van der Waals surface area contributed by atoms with Gasteiger partial charge in [0, 0.05) is 13.1 Å². The van der Waals surface area contributed by atoms with Crippen molar-refractivity contribution in [2.75, 3.05) is 34.3 Å². The molecule has 1 N–H and O–H groups in total. The van der Waals surface area contributed by atoms with Gasteiger partial charge >= 0.3 is 5.97 Å². The third-order valence-corrected chi connectivity index (χ3v) is 4.42. The quantitative estimate of drug-likeness (QED) is 0.843. The van der Waals surface area contributed by atoms with Gasteiger partial charge in [0.25, 0.3) is 0 Å². The molecule has 2 unspecified atom stereocenters. The zero-order chi connectivity index (χ0) is 15.5. The third-order valence-electron chi connectivity index (χ3n) is 4.42. The summed E-state index contributed by atoms with van der Waals surface area (Å²) in [5, 5.41) is 3.48. The van der Waals surface area contributed by atoms with E-state index < -0.39 is 5.54 Å². The zero-order valence-corrected chi connectivity index (χ0v) is 13.5. The van der Waals surface area contributed by atoms with Gasteiger partial charge in [0.1, 0.15) is 5.54 Å². The predicted molar refractivity (Wildman–Crippen MR) is 84.3 cm³/mol. The van der Waals surface area contributed by atoms with Gasteiger partial charge < -0.3 is 9.64 Å². The summed E-state index contributed by atoms with van der Waals surface area (Å²) in [5.74, 6) is 0.301. The van der Waals surface area contributed by atoms with E-state index in [4.69, 9.17) is 4.74 Å². The van der Waals surface area contributed by atoms with Crippen LogP contribution in [0.25, 0.3) is 0 Å². The maximum atomic E-state index is 12.5. The van der Waals surface area contributed by atoms with E-state index in [1.807, 2.05) is 26.2 Å². The van der Waals surface area contributed by atoms with Gasteiger partial charge in [-0.05, 0) is 44.0 Å². The van der Waals surface area contributed by atoms with Crippen LogP contribution in [0.4, 0.5) is 0 Å². The predicted octanol–water partition coefficient (Wildman–Crippen LogP) is 2.10. The average molecular weight is 290 g/mol. The fourth-order valence-electron chi connectivity index (χ4n) is 3.17. The lowest BCUT2D eigenvalue weighted by Crippen LogP contribution is -2.53. The molecule has 1 aliphatic rings. The Morgan fingerprint density at radius 3 is 2.81 bits per heavy atom. The minimum Gasteiger partial charge on any atom is -0.467 e. The molecular weight excluding hydrogens is 264 g/mol. The summed E-state index contributed by atoms with van der Waals surface area (Å²) in [7, 11) is 5.53. The molecule has 0 aromatic heterocycles. The molecule has 0 bridgehead atoms. The Balaban J connectivity index is 2.37. The molecule has 2 atom stereocenters. The van der Waals surface area contributed by atoms with Gasteiger partial charge in [-0.25, -0.2) is 4.79 Å². The summed E-state index contributed by atoms with van der Waals surface area (Å²) in [6.45, 7) is 3.86. The van der Waals surface area contributed by atoms with Crippen molar-refractivity contribution in [2.24, 2.45) is 0 Å². The molecule has 1 aromatic carbocycles. The van der Waals surface area contributed by atoms with Crippen LogP contribution in [0.3, 0.4) is 0 Å². The van der Waals surface area contributed by atoms with Crippen LogP contribution < -0.4 is 5.32 Å². The van der Waals surface area contributed by atoms with Crippen LogP contribution in [-0.2, 0) is 15.1 Å². The van der Waals surface area contributed by atoms with E-state index >= 15 is 0 Å². The standard InChI is InChI=1S/C17H26N2O2/c1-13-9-10-17(16(20)21-4,18-11-12-19(2)3)15-8-6-5-7-14(13)15/h5-8,13,18H,9-12H2,1-4H3. The molecule has 4 nitrogen and oxygen atoms in total. The maximum absolute atomic E-state index is 12.5. The van der Waals surface area contributed by atoms with Crippen molar-refractivity contribution in [3.63, 3.8) is 0 Å². The van der Waals surface area contributed by atoms with Crippen molar-refractivity contribution in [3.8, 4) is 0 Å². The van der Waals surface area contributed by atoms with Crippen LogP contribution in [0.15, 0.2) is 24.3 Å². The molecule has 0 fully saturated rings. The summed E-state index contributed by atoms with van der Waals surface area (Å²) in [5.41, 5.74) is 1.63. The van der Waals surface area contributed by atoms with E-state index in [-0.39, 0.29) is 5.97 Å². The number of nitrogens with zero attached hydrogens (tertiary/aromatic N) is 1. The Morgan fingerprint density at radius 2 is 2.14 bits per heavy atom. The van der Waals surface area contributed by atoms with Gasteiger partial charge in [-0.2, -0.15) is 0 Å². The number of benzene rings is 1. The first kappa shape index (κ1) is 16.0. The smallest absolute Gasteiger partial charge is 0.330 e. The molecule has 21 heavy (non-hydrogen) atoms. The van der Waals surface area contributed by atoms with Crippen LogP contribution in [0, 0.1) is 0 Å². The third kappa shape index (κ3) is 3.11. The van der Waals surface area contributed by atoms with Gasteiger partial charge in [-0.15, -0.1) is 0 Å². The number of carbonyl (C=O) groups is 1. The van der Waals surface area contributed by atoms with Crippen LogP contribution in [0.5, 0.6) is 0 Å². The fraction of sp³-hybridized carbons (Fsp3) is 0.588. The van der Waals surface area contributed by atoms with E-state index in [0.717, 1.165) is 31.5 Å². The first-order valence-corrected chi connectivity index (χ1v) is 7.59. The van der Waals surface area contributed by atoms with Gasteiger partial charge in [-0.1, -0.05) is 31.2 Å². The first-order chi connectivity index (χ1) is 10.0. The number of methoxy groups -OCH3 is 1. The molecule has 0 radical (unpaired) electrons. The number of likely N-dealkylation sites (N-methyl/N-ethyl adjacent to an activating group) is 1. The highest BCUT2D eigenvalue weighted by atomic mass is 16.5. The minimum atomic E-state index is -0.701. The molecule has 0 aliphatic heterocycles. The van der Waals surface area contributed by atoms with Crippen molar-refractivity contribution < 1.29 is 9.53 Å². The maximum Gasteiger partial charge on any atom is 0.330 e. The van der Waals surface area contributed by atoms with E-state index in [9.17, 15) is 4.79 Å². The van der Waals surface area contributed by atoms with Crippen molar-refractivity contribution in [2.45, 2.75) is 31.2 Å². The monoisotopic (exact) mass is 290 g/mol. The zero-order valence-electron chi connectivity index (χ0n) is 13.5. The Hall–Kier alpha value is -1.39.